The molecule has 0 radical (unpaired) electrons. The summed E-state index contributed by atoms with van der Waals surface area (Å²) in [7, 11) is 0. The minimum Gasteiger partial charge on any atom is -0.428 e. The number of carbonyl (C=O) groups is 1. The van der Waals surface area contributed by atoms with Crippen LogP contribution in [-0.2, 0) is 9.47 Å². The van der Waals surface area contributed by atoms with Gasteiger partial charge >= 0.3 is 6.16 Å². The Hall–Kier alpha value is -0.770. The molecule has 46 valence electrons. The number of carbonyl (C=O) groups excluding carboxylic acids is 1. The van der Waals surface area contributed by atoms with Crippen molar-refractivity contribution in [1.82, 2.24) is 0 Å². The van der Waals surface area contributed by atoms with Gasteiger partial charge in [0.15, 0.2) is 5.72 Å². The van der Waals surface area contributed by atoms with Crippen LogP contribution in [0.5, 0.6) is 0 Å². The third-order valence-corrected chi connectivity index (χ3v) is 0.793. The van der Waals surface area contributed by atoms with Crippen molar-refractivity contribution >= 4 is 6.16 Å². The van der Waals surface area contributed by atoms with E-state index in [-0.39, 0.29) is 6.61 Å². The fraction of sp³-hybridized carbons (Fsp3) is 0.750. The van der Waals surface area contributed by atoms with Gasteiger partial charge in [0.05, 0.1) is 0 Å². The molecule has 1 heterocycles. The summed E-state index contributed by atoms with van der Waals surface area (Å²) in [6.07, 6.45) is -0.685. The molecule has 4 heteroatoms. The maximum absolute atomic E-state index is 10.1. The minimum absolute atomic E-state index is 0.145. The van der Waals surface area contributed by atoms with E-state index < -0.39 is 11.9 Å². The normalized spacial score (nSPS) is 36.5. The lowest BCUT2D eigenvalue weighted by atomic mass is 10.3. The van der Waals surface area contributed by atoms with Gasteiger partial charge in [0.1, 0.15) is 6.61 Å². The van der Waals surface area contributed by atoms with Crippen molar-refractivity contribution in [3.8, 4) is 0 Å². The first kappa shape index (κ1) is 5.37. The van der Waals surface area contributed by atoms with E-state index in [1.165, 1.54) is 0 Å². The van der Waals surface area contributed by atoms with Gasteiger partial charge < -0.3 is 9.47 Å². The second kappa shape index (κ2) is 1.35. The highest BCUT2D eigenvalue weighted by Gasteiger charge is 2.33. The summed E-state index contributed by atoms with van der Waals surface area (Å²) in [6, 6.07) is 0. The molecule has 0 aliphatic carbocycles. The highest BCUT2D eigenvalue weighted by Crippen LogP contribution is 2.11. The molecule has 0 aromatic carbocycles. The minimum atomic E-state index is -0.906. The second-order valence-corrected chi connectivity index (χ2v) is 1.95. The van der Waals surface area contributed by atoms with Crippen molar-refractivity contribution in [2.24, 2.45) is 5.73 Å². The predicted octanol–water partition coefficient (Wildman–Crippen LogP) is -0.172. The van der Waals surface area contributed by atoms with Crippen molar-refractivity contribution in [3.63, 3.8) is 0 Å². The Kier molecular flexibility index (Phi) is 0.907. The maximum Gasteiger partial charge on any atom is 0.510 e. The first-order valence-electron chi connectivity index (χ1n) is 2.25. The summed E-state index contributed by atoms with van der Waals surface area (Å²) in [5.41, 5.74) is 4.39. The lowest BCUT2D eigenvalue weighted by Gasteiger charge is -2.09. The fourth-order valence-electron chi connectivity index (χ4n) is 0.452. The number of cyclic esters (lactones) is 2. The number of ether oxygens (including phenoxy) is 2. The van der Waals surface area contributed by atoms with E-state index in [0.717, 1.165) is 0 Å². The fourth-order valence-corrected chi connectivity index (χ4v) is 0.452. The third-order valence-electron chi connectivity index (χ3n) is 0.793. The van der Waals surface area contributed by atoms with E-state index in [0.29, 0.717) is 0 Å². The van der Waals surface area contributed by atoms with Crippen LogP contribution in [0.15, 0.2) is 0 Å². The summed E-state index contributed by atoms with van der Waals surface area (Å²) < 4.78 is 8.85. The van der Waals surface area contributed by atoms with Crippen LogP contribution in [0.3, 0.4) is 0 Å². The lowest BCUT2D eigenvalue weighted by Crippen LogP contribution is -2.38. The molecule has 1 fully saturated rings. The van der Waals surface area contributed by atoms with Gasteiger partial charge in [-0.2, -0.15) is 0 Å². The molecule has 0 aromatic heterocycles. The van der Waals surface area contributed by atoms with Crippen LogP contribution in [0.4, 0.5) is 4.79 Å². The van der Waals surface area contributed by atoms with Crippen LogP contribution in [0.1, 0.15) is 6.92 Å². The van der Waals surface area contributed by atoms with Crippen molar-refractivity contribution in [2.45, 2.75) is 12.6 Å². The summed E-state index contributed by atoms with van der Waals surface area (Å²) >= 11 is 0. The lowest BCUT2D eigenvalue weighted by molar-refractivity contribution is 0.0758. The molecule has 1 atom stereocenters. The van der Waals surface area contributed by atoms with E-state index >= 15 is 0 Å². The zero-order chi connectivity index (χ0) is 6.20. The molecule has 8 heavy (non-hydrogen) atoms. The Bertz CT molecular complexity index is 120. The highest BCUT2D eigenvalue weighted by molar-refractivity contribution is 5.62. The Labute approximate surface area is 46.6 Å². The molecule has 0 aromatic rings. The molecular weight excluding hydrogens is 110 g/mol. The smallest absolute Gasteiger partial charge is 0.428 e. The number of hydrogen-bond donors (Lipinski definition) is 1. The average molecular weight is 117 g/mol. The van der Waals surface area contributed by atoms with Crippen LogP contribution < -0.4 is 5.73 Å². The van der Waals surface area contributed by atoms with Gasteiger partial charge in [-0.1, -0.05) is 0 Å². The monoisotopic (exact) mass is 117 g/mol. The molecular formula is C4H7NO3. The first-order valence-corrected chi connectivity index (χ1v) is 2.25. The van der Waals surface area contributed by atoms with Crippen LogP contribution >= 0.6 is 0 Å². The Morgan fingerprint density at radius 1 is 1.88 bits per heavy atom. The van der Waals surface area contributed by atoms with Gasteiger partial charge in [0, 0.05) is 0 Å². The number of hydrogen-bond acceptors (Lipinski definition) is 4. The Morgan fingerprint density at radius 2 is 2.50 bits per heavy atom. The first-order chi connectivity index (χ1) is 3.60. The largest absolute Gasteiger partial charge is 0.510 e. The summed E-state index contributed by atoms with van der Waals surface area (Å²) in [5.74, 6) is 0. The predicted molar refractivity (Wildman–Crippen MR) is 25.0 cm³/mol. The highest BCUT2D eigenvalue weighted by atomic mass is 16.8. The molecule has 1 aliphatic rings. The second-order valence-electron chi connectivity index (χ2n) is 1.95. The topological polar surface area (TPSA) is 61.5 Å². The number of nitrogens with two attached hydrogens (primary N) is 1. The van der Waals surface area contributed by atoms with Crippen LogP contribution in [-0.4, -0.2) is 18.5 Å². The SMILES string of the molecule is CC1(N)COC(=O)O1. The Balaban J connectivity index is 2.56. The van der Waals surface area contributed by atoms with Crippen LogP contribution in [0, 0.1) is 0 Å². The molecule has 4 nitrogen and oxygen atoms in total. The van der Waals surface area contributed by atoms with Gasteiger partial charge in [0.2, 0.25) is 0 Å². The molecule has 1 rings (SSSR count). The summed E-state index contributed by atoms with van der Waals surface area (Å²) in [6.45, 7) is 1.73. The summed E-state index contributed by atoms with van der Waals surface area (Å²) in [4.78, 5) is 10.1. The van der Waals surface area contributed by atoms with Crippen LogP contribution in [0.2, 0.25) is 0 Å². The zero-order valence-electron chi connectivity index (χ0n) is 4.51. The number of rotatable bonds is 0. The van der Waals surface area contributed by atoms with Gasteiger partial charge in [-0.25, -0.2) is 4.79 Å². The molecule has 1 saturated heterocycles. The molecule has 0 saturated carbocycles. The molecule has 0 spiro atoms. The van der Waals surface area contributed by atoms with E-state index in [1.807, 2.05) is 0 Å². The van der Waals surface area contributed by atoms with E-state index in [1.54, 1.807) is 6.92 Å². The average Bonchev–Trinajstić information content (AvgIpc) is 1.82. The Morgan fingerprint density at radius 3 is 2.62 bits per heavy atom. The molecule has 2 N–H and O–H groups in total. The standard InChI is InChI=1S/C4H7NO3/c1-4(5)2-7-3(6)8-4/h2,5H2,1H3. The third kappa shape index (κ3) is 0.894. The molecule has 0 amide bonds. The van der Waals surface area contributed by atoms with E-state index in [4.69, 9.17) is 5.73 Å². The van der Waals surface area contributed by atoms with Crippen LogP contribution in [0.25, 0.3) is 0 Å². The molecule has 1 aliphatic heterocycles. The van der Waals surface area contributed by atoms with Crippen molar-refractivity contribution in [1.29, 1.82) is 0 Å². The van der Waals surface area contributed by atoms with Crippen molar-refractivity contribution in [2.75, 3.05) is 6.61 Å². The van der Waals surface area contributed by atoms with Crippen molar-refractivity contribution < 1.29 is 14.3 Å². The van der Waals surface area contributed by atoms with E-state index in [2.05, 4.69) is 9.47 Å². The summed E-state index contributed by atoms with van der Waals surface area (Å²) in [5, 5.41) is 0. The quantitative estimate of drug-likeness (QED) is 0.447. The van der Waals surface area contributed by atoms with Gasteiger partial charge in [-0.05, 0) is 6.92 Å². The van der Waals surface area contributed by atoms with Crippen molar-refractivity contribution in [3.05, 3.63) is 0 Å². The maximum atomic E-state index is 10.1. The molecule has 1 unspecified atom stereocenters. The van der Waals surface area contributed by atoms with Gasteiger partial charge in [0.25, 0.3) is 0 Å². The van der Waals surface area contributed by atoms with E-state index in [9.17, 15) is 4.79 Å². The van der Waals surface area contributed by atoms with Gasteiger partial charge in [-0.3, -0.25) is 5.73 Å². The van der Waals surface area contributed by atoms with Gasteiger partial charge in [-0.15, -0.1) is 0 Å². The zero-order valence-corrected chi connectivity index (χ0v) is 4.51. The molecule has 0 bridgehead atoms.